The topological polar surface area (TPSA) is 46.3 Å². The van der Waals surface area contributed by atoms with Crippen molar-refractivity contribution in [1.82, 2.24) is 4.90 Å². The van der Waals surface area contributed by atoms with Crippen molar-refractivity contribution < 1.29 is 4.79 Å². The lowest BCUT2D eigenvalue weighted by Crippen LogP contribution is -2.41. The maximum absolute atomic E-state index is 11.9. The standard InChI is InChI=1S/C14H28N2O/c1-14(2,3)12-7-10-16(11-8-12)13(17)6-4-5-9-15/h12H,4-11,15H2,1-3H3. The van der Waals surface area contributed by atoms with Gasteiger partial charge in [0, 0.05) is 19.5 Å². The Hall–Kier alpha value is -0.570. The minimum absolute atomic E-state index is 0.325. The minimum Gasteiger partial charge on any atom is -0.343 e. The molecule has 2 N–H and O–H groups in total. The number of amides is 1. The molecule has 0 saturated carbocycles. The Morgan fingerprint density at radius 1 is 1.24 bits per heavy atom. The molecule has 0 unspecified atom stereocenters. The van der Waals surface area contributed by atoms with Crippen molar-refractivity contribution in [2.24, 2.45) is 17.1 Å². The van der Waals surface area contributed by atoms with E-state index in [1.54, 1.807) is 0 Å². The van der Waals surface area contributed by atoms with Crippen LogP contribution in [0.5, 0.6) is 0 Å². The molecule has 0 atom stereocenters. The van der Waals surface area contributed by atoms with Crippen molar-refractivity contribution in [3.05, 3.63) is 0 Å². The van der Waals surface area contributed by atoms with E-state index in [-0.39, 0.29) is 0 Å². The van der Waals surface area contributed by atoms with Crippen LogP contribution in [0.25, 0.3) is 0 Å². The highest BCUT2D eigenvalue weighted by molar-refractivity contribution is 5.76. The molecule has 1 heterocycles. The highest BCUT2D eigenvalue weighted by Gasteiger charge is 2.29. The molecule has 1 aliphatic heterocycles. The van der Waals surface area contributed by atoms with Crippen molar-refractivity contribution in [2.45, 2.75) is 52.9 Å². The van der Waals surface area contributed by atoms with E-state index < -0.39 is 0 Å². The van der Waals surface area contributed by atoms with Crippen molar-refractivity contribution in [2.75, 3.05) is 19.6 Å². The first-order valence-electron chi connectivity index (χ1n) is 6.93. The van der Waals surface area contributed by atoms with Gasteiger partial charge in [-0.25, -0.2) is 0 Å². The molecule has 1 fully saturated rings. The fraction of sp³-hybridized carbons (Fsp3) is 0.929. The first-order chi connectivity index (χ1) is 7.95. The lowest BCUT2D eigenvalue weighted by atomic mass is 9.75. The largest absolute Gasteiger partial charge is 0.343 e. The summed E-state index contributed by atoms with van der Waals surface area (Å²) in [5.74, 6) is 1.08. The zero-order valence-corrected chi connectivity index (χ0v) is 11.7. The SMILES string of the molecule is CC(C)(C)C1CCN(C(=O)CCCCN)CC1. The summed E-state index contributed by atoms with van der Waals surface area (Å²) in [7, 11) is 0. The van der Waals surface area contributed by atoms with Gasteiger partial charge in [-0.15, -0.1) is 0 Å². The summed E-state index contributed by atoms with van der Waals surface area (Å²) in [4.78, 5) is 14.0. The van der Waals surface area contributed by atoms with Gasteiger partial charge in [-0.1, -0.05) is 20.8 Å². The predicted molar refractivity (Wildman–Crippen MR) is 71.7 cm³/mol. The second kappa shape index (κ2) is 6.39. The monoisotopic (exact) mass is 240 g/mol. The van der Waals surface area contributed by atoms with Gasteiger partial charge in [0.2, 0.25) is 5.91 Å². The van der Waals surface area contributed by atoms with Crippen LogP contribution in [0.15, 0.2) is 0 Å². The Morgan fingerprint density at radius 2 is 1.82 bits per heavy atom. The number of carbonyl (C=O) groups excluding carboxylic acids is 1. The lowest BCUT2D eigenvalue weighted by Gasteiger charge is -2.38. The van der Waals surface area contributed by atoms with Gasteiger partial charge in [0.1, 0.15) is 0 Å². The van der Waals surface area contributed by atoms with Crippen molar-refractivity contribution in [1.29, 1.82) is 0 Å². The lowest BCUT2D eigenvalue weighted by molar-refractivity contribution is -0.133. The van der Waals surface area contributed by atoms with Crippen LogP contribution in [0.2, 0.25) is 0 Å². The summed E-state index contributed by atoms with van der Waals surface area (Å²) in [6, 6.07) is 0. The van der Waals surface area contributed by atoms with Crippen LogP contribution < -0.4 is 5.73 Å². The van der Waals surface area contributed by atoms with Crippen LogP contribution in [0, 0.1) is 11.3 Å². The first kappa shape index (κ1) is 14.5. The highest BCUT2D eigenvalue weighted by atomic mass is 16.2. The van der Waals surface area contributed by atoms with E-state index in [4.69, 9.17) is 5.73 Å². The van der Waals surface area contributed by atoms with Gasteiger partial charge in [-0.3, -0.25) is 4.79 Å². The molecule has 1 aliphatic rings. The zero-order chi connectivity index (χ0) is 12.9. The predicted octanol–water partition coefficient (Wildman–Crippen LogP) is 2.40. The van der Waals surface area contributed by atoms with Gasteiger partial charge >= 0.3 is 0 Å². The molecule has 0 aromatic rings. The second-order valence-corrected chi connectivity index (χ2v) is 6.27. The van der Waals surface area contributed by atoms with Crippen LogP contribution in [0.3, 0.4) is 0 Å². The van der Waals surface area contributed by atoms with Gasteiger partial charge in [0.05, 0.1) is 0 Å². The number of hydrogen-bond acceptors (Lipinski definition) is 2. The highest BCUT2D eigenvalue weighted by Crippen LogP contribution is 2.34. The summed E-state index contributed by atoms with van der Waals surface area (Å²) in [6.45, 7) is 9.50. The number of rotatable bonds is 4. The van der Waals surface area contributed by atoms with Gasteiger partial charge in [0.25, 0.3) is 0 Å². The van der Waals surface area contributed by atoms with Crippen LogP contribution in [-0.4, -0.2) is 30.4 Å². The molecule has 0 aromatic carbocycles. The number of piperidine rings is 1. The van der Waals surface area contributed by atoms with E-state index in [1.807, 2.05) is 4.90 Å². The Kier molecular flexibility index (Phi) is 5.44. The number of unbranched alkanes of at least 4 members (excludes halogenated alkanes) is 1. The maximum Gasteiger partial charge on any atom is 0.222 e. The molecule has 0 bridgehead atoms. The summed E-state index contributed by atoms with van der Waals surface area (Å²) in [5.41, 5.74) is 5.82. The van der Waals surface area contributed by atoms with E-state index in [0.29, 0.717) is 24.3 Å². The average Bonchev–Trinajstić information content (AvgIpc) is 2.28. The number of likely N-dealkylation sites (tertiary alicyclic amines) is 1. The first-order valence-corrected chi connectivity index (χ1v) is 6.93. The fourth-order valence-corrected chi connectivity index (χ4v) is 2.57. The average molecular weight is 240 g/mol. The molecule has 0 aromatic heterocycles. The normalized spacial score (nSPS) is 18.5. The molecule has 1 rings (SSSR count). The fourth-order valence-electron chi connectivity index (χ4n) is 2.57. The third-order valence-corrected chi connectivity index (χ3v) is 3.92. The Morgan fingerprint density at radius 3 is 2.29 bits per heavy atom. The molecule has 17 heavy (non-hydrogen) atoms. The number of carbonyl (C=O) groups is 1. The van der Waals surface area contributed by atoms with Gasteiger partial charge in [-0.2, -0.15) is 0 Å². The summed E-state index contributed by atoms with van der Waals surface area (Å²) in [6.07, 6.45) is 4.90. The Labute approximate surface area is 106 Å². The van der Waals surface area contributed by atoms with E-state index in [2.05, 4.69) is 20.8 Å². The van der Waals surface area contributed by atoms with E-state index in [9.17, 15) is 4.79 Å². The van der Waals surface area contributed by atoms with Crippen molar-refractivity contribution >= 4 is 5.91 Å². The summed E-state index contributed by atoms with van der Waals surface area (Å²) < 4.78 is 0. The van der Waals surface area contributed by atoms with Gasteiger partial charge in [-0.05, 0) is 43.6 Å². The van der Waals surface area contributed by atoms with Crippen molar-refractivity contribution in [3.8, 4) is 0 Å². The molecule has 0 aliphatic carbocycles. The molecule has 100 valence electrons. The molecule has 0 radical (unpaired) electrons. The third-order valence-electron chi connectivity index (χ3n) is 3.92. The molecule has 1 amide bonds. The molecule has 3 nitrogen and oxygen atoms in total. The third kappa shape index (κ3) is 4.66. The van der Waals surface area contributed by atoms with E-state index in [0.717, 1.165) is 44.7 Å². The molecule has 0 spiro atoms. The maximum atomic E-state index is 11.9. The molecular formula is C14H28N2O. The van der Waals surface area contributed by atoms with E-state index in [1.165, 1.54) is 0 Å². The summed E-state index contributed by atoms with van der Waals surface area (Å²) >= 11 is 0. The smallest absolute Gasteiger partial charge is 0.222 e. The van der Waals surface area contributed by atoms with Crippen LogP contribution in [0.4, 0.5) is 0 Å². The van der Waals surface area contributed by atoms with E-state index >= 15 is 0 Å². The quantitative estimate of drug-likeness (QED) is 0.767. The van der Waals surface area contributed by atoms with Gasteiger partial charge in [0.15, 0.2) is 0 Å². The molecule has 3 heteroatoms. The van der Waals surface area contributed by atoms with Crippen LogP contribution >= 0.6 is 0 Å². The van der Waals surface area contributed by atoms with Gasteiger partial charge < -0.3 is 10.6 Å². The minimum atomic E-state index is 0.325. The van der Waals surface area contributed by atoms with Crippen LogP contribution in [0.1, 0.15) is 52.9 Å². The number of nitrogens with zero attached hydrogens (tertiary/aromatic N) is 1. The second-order valence-electron chi connectivity index (χ2n) is 6.27. The summed E-state index contributed by atoms with van der Waals surface area (Å²) in [5, 5.41) is 0. The van der Waals surface area contributed by atoms with Crippen molar-refractivity contribution in [3.63, 3.8) is 0 Å². The van der Waals surface area contributed by atoms with Crippen LogP contribution in [-0.2, 0) is 4.79 Å². The molecule has 1 saturated heterocycles. The Balaban J connectivity index is 2.29. The molecular weight excluding hydrogens is 212 g/mol. The number of hydrogen-bond donors (Lipinski definition) is 1. The number of nitrogens with two attached hydrogens (primary N) is 1. The Bertz CT molecular complexity index is 237. The zero-order valence-electron chi connectivity index (χ0n) is 11.7.